The van der Waals surface area contributed by atoms with E-state index in [0.29, 0.717) is 6.54 Å². The van der Waals surface area contributed by atoms with Gasteiger partial charge in [0.1, 0.15) is 6.33 Å². The Kier molecular flexibility index (Phi) is 4.57. The van der Waals surface area contributed by atoms with Crippen LogP contribution in [0.3, 0.4) is 0 Å². The van der Waals surface area contributed by atoms with Gasteiger partial charge in [-0.15, -0.1) is 5.10 Å². The smallest absolute Gasteiger partial charge is 0.238 e. The molecule has 0 saturated heterocycles. The van der Waals surface area contributed by atoms with Crippen LogP contribution in [0.2, 0.25) is 0 Å². The number of rotatable bonds is 6. The number of nitrogens with zero attached hydrogens (tertiary/aromatic N) is 4. The average Bonchev–Trinajstić information content (AvgIpc) is 2.93. The normalized spacial score (nSPS) is 10.4. The van der Waals surface area contributed by atoms with Crippen LogP contribution < -0.4 is 10.6 Å². The molecule has 2 aromatic rings. The maximum atomic E-state index is 11.7. The standard InChI is InChI=1S/C12H16N6O/c1-2-6-13-8-12(19)15-10-4-3-5-11(7-10)18-9-14-16-17-18/h3-5,7,9,13H,2,6,8H2,1H3,(H,15,19). The zero-order valence-corrected chi connectivity index (χ0v) is 10.7. The summed E-state index contributed by atoms with van der Waals surface area (Å²) in [5.74, 6) is -0.0673. The van der Waals surface area contributed by atoms with Gasteiger partial charge in [0.2, 0.25) is 5.91 Å². The second kappa shape index (κ2) is 6.60. The van der Waals surface area contributed by atoms with Crippen LogP contribution in [0.15, 0.2) is 30.6 Å². The lowest BCUT2D eigenvalue weighted by Gasteiger charge is -2.07. The molecule has 19 heavy (non-hydrogen) atoms. The number of aromatic nitrogens is 4. The van der Waals surface area contributed by atoms with Gasteiger partial charge in [-0.05, 0) is 41.6 Å². The van der Waals surface area contributed by atoms with Gasteiger partial charge in [-0.25, -0.2) is 4.68 Å². The third-order valence-electron chi connectivity index (χ3n) is 2.46. The summed E-state index contributed by atoms with van der Waals surface area (Å²) >= 11 is 0. The third kappa shape index (κ3) is 3.85. The summed E-state index contributed by atoms with van der Waals surface area (Å²) in [4.78, 5) is 11.7. The average molecular weight is 260 g/mol. The number of anilines is 1. The molecule has 1 heterocycles. The number of carbonyl (C=O) groups is 1. The van der Waals surface area contributed by atoms with E-state index in [0.717, 1.165) is 24.3 Å². The second-order valence-electron chi connectivity index (χ2n) is 4.03. The zero-order chi connectivity index (χ0) is 13.5. The molecule has 1 amide bonds. The maximum Gasteiger partial charge on any atom is 0.238 e. The molecular formula is C12H16N6O. The van der Waals surface area contributed by atoms with Crippen LogP contribution in [0.5, 0.6) is 0 Å². The van der Waals surface area contributed by atoms with Crippen molar-refractivity contribution in [3.05, 3.63) is 30.6 Å². The lowest BCUT2D eigenvalue weighted by Crippen LogP contribution is -2.28. The topological polar surface area (TPSA) is 84.7 Å². The summed E-state index contributed by atoms with van der Waals surface area (Å²) < 4.78 is 1.53. The van der Waals surface area contributed by atoms with Crippen LogP contribution in [0.1, 0.15) is 13.3 Å². The third-order valence-corrected chi connectivity index (χ3v) is 2.46. The fourth-order valence-electron chi connectivity index (χ4n) is 1.59. The summed E-state index contributed by atoms with van der Waals surface area (Å²) in [5.41, 5.74) is 1.51. The SMILES string of the molecule is CCCNCC(=O)Nc1cccc(-n2cnnn2)c1. The number of hydrogen-bond donors (Lipinski definition) is 2. The van der Waals surface area contributed by atoms with Gasteiger partial charge >= 0.3 is 0 Å². The van der Waals surface area contributed by atoms with Gasteiger partial charge in [0.05, 0.1) is 12.2 Å². The minimum Gasteiger partial charge on any atom is -0.325 e. The van der Waals surface area contributed by atoms with E-state index in [1.54, 1.807) is 0 Å². The Hall–Kier alpha value is -2.28. The molecule has 0 aliphatic carbocycles. The molecule has 0 fully saturated rings. The number of benzene rings is 1. The summed E-state index contributed by atoms with van der Waals surface area (Å²) in [7, 11) is 0. The Labute approximate surface area is 111 Å². The van der Waals surface area contributed by atoms with Gasteiger partial charge in [0.25, 0.3) is 0 Å². The Balaban J connectivity index is 1.97. The van der Waals surface area contributed by atoms with E-state index >= 15 is 0 Å². The van der Waals surface area contributed by atoms with E-state index in [4.69, 9.17) is 0 Å². The molecule has 0 bridgehead atoms. The van der Waals surface area contributed by atoms with Crippen molar-refractivity contribution in [2.75, 3.05) is 18.4 Å². The molecule has 100 valence electrons. The van der Waals surface area contributed by atoms with Crippen molar-refractivity contribution in [2.45, 2.75) is 13.3 Å². The van der Waals surface area contributed by atoms with Gasteiger partial charge in [-0.1, -0.05) is 13.0 Å². The molecular weight excluding hydrogens is 244 g/mol. The van der Waals surface area contributed by atoms with Crippen LogP contribution in [0.25, 0.3) is 5.69 Å². The van der Waals surface area contributed by atoms with Gasteiger partial charge in [-0.2, -0.15) is 0 Å². The molecule has 7 nitrogen and oxygen atoms in total. The predicted molar refractivity (Wildman–Crippen MR) is 70.9 cm³/mol. The molecule has 0 atom stereocenters. The fraction of sp³-hybridized carbons (Fsp3) is 0.333. The zero-order valence-electron chi connectivity index (χ0n) is 10.7. The minimum atomic E-state index is -0.0673. The largest absolute Gasteiger partial charge is 0.325 e. The Bertz CT molecular complexity index is 525. The van der Waals surface area contributed by atoms with Crippen LogP contribution in [0, 0.1) is 0 Å². The molecule has 0 spiro atoms. The lowest BCUT2D eigenvalue weighted by molar-refractivity contribution is -0.115. The Morgan fingerprint density at radius 1 is 1.42 bits per heavy atom. The van der Waals surface area contributed by atoms with Crippen molar-refractivity contribution < 1.29 is 4.79 Å². The summed E-state index contributed by atoms with van der Waals surface area (Å²) in [6, 6.07) is 7.34. The van der Waals surface area contributed by atoms with Crippen molar-refractivity contribution >= 4 is 11.6 Å². The van der Waals surface area contributed by atoms with Crippen LogP contribution in [-0.4, -0.2) is 39.2 Å². The molecule has 0 aliphatic heterocycles. The first kappa shape index (κ1) is 13.2. The van der Waals surface area contributed by atoms with Crippen molar-refractivity contribution in [2.24, 2.45) is 0 Å². The number of amides is 1. The van der Waals surface area contributed by atoms with Gasteiger partial charge in [0, 0.05) is 5.69 Å². The van der Waals surface area contributed by atoms with Crippen LogP contribution in [-0.2, 0) is 4.79 Å². The van der Waals surface area contributed by atoms with E-state index in [-0.39, 0.29) is 5.91 Å². The number of nitrogens with one attached hydrogen (secondary N) is 2. The Morgan fingerprint density at radius 2 is 2.32 bits per heavy atom. The molecule has 2 rings (SSSR count). The van der Waals surface area contributed by atoms with Gasteiger partial charge in [-0.3, -0.25) is 4.79 Å². The van der Waals surface area contributed by atoms with E-state index in [9.17, 15) is 4.79 Å². The predicted octanol–water partition coefficient (Wildman–Crippen LogP) is 0.600. The highest BCUT2D eigenvalue weighted by Gasteiger charge is 2.03. The van der Waals surface area contributed by atoms with Crippen molar-refractivity contribution in [3.63, 3.8) is 0 Å². The second-order valence-corrected chi connectivity index (χ2v) is 4.03. The van der Waals surface area contributed by atoms with E-state index in [1.807, 2.05) is 24.3 Å². The summed E-state index contributed by atoms with van der Waals surface area (Å²) in [6.45, 7) is 3.20. The fourth-order valence-corrected chi connectivity index (χ4v) is 1.59. The molecule has 0 aliphatic rings. The first-order chi connectivity index (χ1) is 9.29. The first-order valence-corrected chi connectivity index (χ1v) is 6.13. The van der Waals surface area contributed by atoms with Crippen LogP contribution >= 0.6 is 0 Å². The summed E-state index contributed by atoms with van der Waals surface area (Å²) in [6.07, 6.45) is 2.51. The highest BCUT2D eigenvalue weighted by molar-refractivity contribution is 5.92. The van der Waals surface area contributed by atoms with E-state index in [1.165, 1.54) is 11.0 Å². The summed E-state index contributed by atoms with van der Waals surface area (Å²) in [5, 5.41) is 16.8. The molecule has 1 aromatic heterocycles. The first-order valence-electron chi connectivity index (χ1n) is 6.13. The highest BCUT2D eigenvalue weighted by atomic mass is 16.1. The number of hydrogen-bond acceptors (Lipinski definition) is 5. The monoisotopic (exact) mass is 260 g/mol. The molecule has 0 saturated carbocycles. The molecule has 2 N–H and O–H groups in total. The minimum absolute atomic E-state index is 0.0673. The van der Waals surface area contributed by atoms with Crippen molar-refractivity contribution in [3.8, 4) is 5.69 Å². The quantitative estimate of drug-likeness (QED) is 0.743. The van der Waals surface area contributed by atoms with Gasteiger partial charge in [0.15, 0.2) is 0 Å². The number of carbonyl (C=O) groups excluding carboxylic acids is 1. The molecule has 0 unspecified atom stereocenters. The maximum absolute atomic E-state index is 11.7. The van der Waals surface area contributed by atoms with Crippen molar-refractivity contribution in [1.82, 2.24) is 25.5 Å². The van der Waals surface area contributed by atoms with Gasteiger partial charge < -0.3 is 10.6 Å². The lowest BCUT2D eigenvalue weighted by atomic mass is 10.2. The van der Waals surface area contributed by atoms with Crippen molar-refractivity contribution in [1.29, 1.82) is 0 Å². The Morgan fingerprint density at radius 3 is 3.05 bits per heavy atom. The molecule has 1 aromatic carbocycles. The molecule has 0 radical (unpaired) electrons. The molecule has 7 heteroatoms. The van der Waals surface area contributed by atoms with Crippen LogP contribution in [0.4, 0.5) is 5.69 Å². The number of tetrazole rings is 1. The van der Waals surface area contributed by atoms with E-state index < -0.39 is 0 Å². The van der Waals surface area contributed by atoms with E-state index in [2.05, 4.69) is 33.1 Å². The highest BCUT2D eigenvalue weighted by Crippen LogP contribution is 2.12.